The van der Waals surface area contributed by atoms with Crippen molar-refractivity contribution in [2.45, 2.75) is 26.4 Å². The Morgan fingerprint density at radius 3 is 2.36 bits per heavy atom. The second kappa shape index (κ2) is 4.99. The van der Waals surface area contributed by atoms with Crippen LogP contribution in [0.15, 0.2) is 48.8 Å². The van der Waals surface area contributed by atoms with Gasteiger partial charge in [0.25, 0.3) is 0 Å². The van der Waals surface area contributed by atoms with Crippen molar-refractivity contribution in [1.82, 2.24) is 4.90 Å². The third-order valence-electron chi connectivity index (χ3n) is 5.46. The van der Waals surface area contributed by atoms with E-state index in [-0.39, 0.29) is 5.66 Å². The molecule has 0 saturated carbocycles. The normalized spacial score (nSPS) is 16.8. The van der Waals surface area contributed by atoms with Crippen LogP contribution in [0.4, 0.5) is 5.69 Å². The van der Waals surface area contributed by atoms with Gasteiger partial charge in [-0.3, -0.25) is 0 Å². The predicted octanol–water partition coefficient (Wildman–Crippen LogP) is 6.54. The van der Waals surface area contributed by atoms with Gasteiger partial charge >= 0.3 is 0 Å². The molecule has 2 aromatic carbocycles. The fourth-order valence-corrected chi connectivity index (χ4v) is 6.34. The highest BCUT2D eigenvalue weighted by molar-refractivity contribution is 7.36. The number of hydrogen-bond acceptors (Lipinski definition) is 4. The van der Waals surface area contributed by atoms with E-state index in [1.165, 1.54) is 40.8 Å². The molecule has 0 N–H and O–H groups in total. The highest BCUT2D eigenvalue weighted by Crippen LogP contribution is 2.46. The molecule has 0 bridgehead atoms. The summed E-state index contributed by atoms with van der Waals surface area (Å²) in [6, 6.07) is 13.5. The first-order valence-corrected chi connectivity index (χ1v) is 10.1. The third kappa shape index (κ3) is 2.01. The summed E-state index contributed by atoms with van der Waals surface area (Å²) in [6.07, 6.45) is 4.35. The molecule has 0 atom stereocenters. The van der Waals surface area contributed by atoms with Gasteiger partial charge in [-0.05, 0) is 44.5 Å². The van der Waals surface area contributed by atoms with E-state index in [4.69, 9.17) is 0 Å². The molecule has 2 nitrogen and oxygen atoms in total. The van der Waals surface area contributed by atoms with Crippen LogP contribution in [-0.2, 0) is 0 Å². The SMILES string of the molecule is Cc1cc2c(cc1N1C=CN(C)C1(C)C)sc1c3ccccc3sc21. The molecule has 0 aliphatic carbocycles. The van der Waals surface area contributed by atoms with E-state index in [0.29, 0.717) is 0 Å². The Balaban J connectivity index is 1.77. The minimum absolute atomic E-state index is 0.0419. The molecule has 4 heteroatoms. The standard InChI is InChI=1S/C21H20N2S2/c1-13-11-15-18(12-16(13)23-10-9-22(4)21(23,2)3)25-19-14-7-5-6-8-17(14)24-20(15)19/h5-12H,1-4H3. The molecule has 0 saturated heterocycles. The predicted molar refractivity (Wildman–Crippen MR) is 113 cm³/mol. The number of rotatable bonds is 1. The quantitative estimate of drug-likeness (QED) is 0.378. The Hall–Kier alpha value is -2.04. The van der Waals surface area contributed by atoms with Gasteiger partial charge in [-0.15, -0.1) is 22.7 Å². The number of thiophene rings is 2. The molecular weight excluding hydrogens is 344 g/mol. The Kier molecular flexibility index (Phi) is 3.04. The number of fused-ring (bicyclic) bond motifs is 5. The molecule has 5 rings (SSSR count). The molecule has 126 valence electrons. The summed E-state index contributed by atoms with van der Waals surface area (Å²) in [4.78, 5) is 4.64. The van der Waals surface area contributed by atoms with Crippen molar-refractivity contribution in [2.75, 3.05) is 11.9 Å². The number of aryl methyl sites for hydroxylation is 1. The summed E-state index contributed by atoms with van der Waals surface area (Å²) in [5, 5.41) is 2.79. The molecular formula is C21H20N2S2. The van der Waals surface area contributed by atoms with Crippen LogP contribution in [0.5, 0.6) is 0 Å². The average molecular weight is 365 g/mol. The van der Waals surface area contributed by atoms with Crippen molar-refractivity contribution in [2.24, 2.45) is 0 Å². The molecule has 0 fully saturated rings. The lowest BCUT2D eigenvalue weighted by atomic mass is 10.1. The minimum Gasteiger partial charge on any atom is -0.357 e. The van der Waals surface area contributed by atoms with Crippen LogP contribution in [0, 0.1) is 6.92 Å². The Bertz CT molecular complexity index is 1160. The fraction of sp³-hybridized carbons (Fsp3) is 0.238. The summed E-state index contributed by atoms with van der Waals surface area (Å²) in [7, 11) is 2.14. The zero-order valence-electron chi connectivity index (χ0n) is 14.8. The van der Waals surface area contributed by atoms with Crippen molar-refractivity contribution >= 4 is 57.9 Å². The largest absolute Gasteiger partial charge is 0.357 e. The Morgan fingerprint density at radius 1 is 0.880 bits per heavy atom. The Morgan fingerprint density at radius 2 is 1.60 bits per heavy atom. The van der Waals surface area contributed by atoms with Gasteiger partial charge in [-0.1, -0.05) is 18.2 Å². The summed E-state index contributed by atoms with van der Waals surface area (Å²) in [5.41, 5.74) is 2.59. The van der Waals surface area contributed by atoms with Gasteiger partial charge in [0.05, 0.1) is 9.40 Å². The summed E-state index contributed by atoms with van der Waals surface area (Å²) in [5.74, 6) is 0. The summed E-state index contributed by atoms with van der Waals surface area (Å²) in [6.45, 7) is 6.75. The van der Waals surface area contributed by atoms with E-state index in [1.807, 2.05) is 22.7 Å². The van der Waals surface area contributed by atoms with E-state index >= 15 is 0 Å². The Labute approximate surface area is 155 Å². The molecule has 0 amide bonds. The maximum atomic E-state index is 2.38. The molecule has 3 heterocycles. The van der Waals surface area contributed by atoms with Crippen LogP contribution in [0.1, 0.15) is 19.4 Å². The van der Waals surface area contributed by atoms with E-state index in [1.54, 1.807) is 0 Å². The molecule has 4 aromatic rings. The number of hydrogen-bond donors (Lipinski definition) is 0. The average Bonchev–Trinajstić information content (AvgIpc) is 3.19. The van der Waals surface area contributed by atoms with Gasteiger partial charge in [-0.2, -0.15) is 0 Å². The van der Waals surface area contributed by atoms with Crippen LogP contribution in [-0.4, -0.2) is 17.6 Å². The second-order valence-corrected chi connectivity index (χ2v) is 9.37. The van der Waals surface area contributed by atoms with Crippen LogP contribution >= 0.6 is 22.7 Å². The lowest BCUT2D eigenvalue weighted by molar-refractivity contribution is 0.253. The molecule has 0 radical (unpaired) electrons. The van der Waals surface area contributed by atoms with Gasteiger partial charge < -0.3 is 9.80 Å². The lowest BCUT2D eigenvalue weighted by Crippen LogP contribution is -2.46. The van der Waals surface area contributed by atoms with Crippen molar-refractivity contribution < 1.29 is 0 Å². The minimum atomic E-state index is -0.0419. The van der Waals surface area contributed by atoms with E-state index in [2.05, 4.69) is 86.4 Å². The van der Waals surface area contributed by atoms with E-state index in [9.17, 15) is 0 Å². The van der Waals surface area contributed by atoms with Crippen molar-refractivity contribution in [3.8, 4) is 0 Å². The first kappa shape index (κ1) is 15.2. The highest BCUT2D eigenvalue weighted by atomic mass is 32.1. The van der Waals surface area contributed by atoms with Crippen molar-refractivity contribution in [3.63, 3.8) is 0 Å². The van der Waals surface area contributed by atoms with Gasteiger partial charge in [0.15, 0.2) is 0 Å². The summed E-state index contributed by atoms with van der Waals surface area (Å²) < 4.78 is 5.63. The number of anilines is 1. The summed E-state index contributed by atoms with van der Waals surface area (Å²) >= 11 is 3.85. The zero-order chi connectivity index (χ0) is 17.3. The lowest BCUT2D eigenvalue weighted by Gasteiger charge is -2.39. The van der Waals surface area contributed by atoms with Gasteiger partial charge in [-0.25, -0.2) is 0 Å². The zero-order valence-corrected chi connectivity index (χ0v) is 16.5. The van der Waals surface area contributed by atoms with Crippen LogP contribution in [0.2, 0.25) is 0 Å². The first-order valence-electron chi connectivity index (χ1n) is 8.52. The molecule has 0 spiro atoms. The van der Waals surface area contributed by atoms with Gasteiger partial charge in [0.2, 0.25) is 0 Å². The fourth-order valence-electron chi connectivity index (χ4n) is 3.69. The highest BCUT2D eigenvalue weighted by Gasteiger charge is 2.33. The van der Waals surface area contributed by atoms with Crippen LogP contribution in [0.25, 0.3) is 29.6 Å². The second-order valence-electron chi connectivity index (χ2n) is 7.27. The van der Waals surface area contributed by atoms with Gasteiger partial charge in [0.1, 0.15) is 5.66 Å². The molecule has 1 aliphatic heterocycles. The van der Waals surface area contributed by atoms with Crippen molar-refractivity contribution in [3.05, 3.63) is 54.4 Å². The molecule has 25 heavy (non-hydrogen) atoms. The maximum Gasteiger partial charge on any atom is 0.110 e. The smallest absolute Gasteiger partial charge is 0.110 e. The van der Waals surface area contributed by atoms with Crippen molar-refractivity contribution in [1.29, 1.82) is 0 Å². The molecule has 0 unspecified atom stereocenters. The maximum absolute atomic E-state index is 2.38. The van der Waals surface area contributed by atoms with Crippen LogP contribution < -0.4 is 4.90 Å². The number of nitrogens with zero attached hydrogens (tertiary/aromatic N) is 2. The monoisotopic (exact) mass is 364 g/mol. The molecule has 1 aliphatic rings. The van der Waals surface area contributed by atoms with E-state index in [0.717, 1.165) is 0 Å². The first-order chi connectivity index (χ1) is 12.0. The molecule has 2 aromatic heterocycles. The van der Waals surface area contributed by atoms with Gasteiger partial charge in [0, 0.05) is 45.3 Å². The number of benzene rings is 2. The van der Waals surface area contributed by atoms with Crippen LogP contribution in [0.3, 0.4) is 0 Å². The topological polar surface area (TPSA) is 6.48 Å². The third-order valence-corrected chi connectivity index (χ3v) is 7.98. The van der Waals surface area contributed by atoms with E-state index < -0.39 is 0 Å².